The van der Waals surface area contributed by atoms with Crippen LogP contribution in [0.2, 0.25) is 0 Å². The smallest absolute Gasteiger partial charge is 0.115 e. The topological polar surface area (TPSA) is 75.6 Å². The Kier molecular flexibility index (Phi) is 5.62. The van der Waals surface area contributed by atoms with Gasteiger partial charge in [0, 0.05) is 23.2 Å². The Hall–Kier alpha value is -4.58. The molecule has 0 aliphatic carbocycles. The second-order valence-electron chi connectivity index (χ2n) is 8.69. The van der Waals surface area contributed by atoms with Gasteiger partial charge in [-0.05, 0) is 49.2 Å². The molecule has 0 aliphatic rings. The molecule has 3 heterocycles. The average Bonchev–Trinajstić information content (AvgIpc) is 2.94. The van der Waals surface area contributed by atoms with Crippen molar-refractivity contribution in [1.29, 1.82) is 0 Å². The molecule has 0 saturated heterocycles. The van der Waals surface area contributed by atoms with E-state index < -0.39 is 0 Å². The summed E-state index contributed by atoms with van der Waals surface area (Å²) in [6.45, 7) is 4.25. The Labute approximate surface area is 209 Å². The van der Waals surface area contributed by atoms with Crippen LogP contribution in [0, 0.1) is 0 Å². The van der Waals surface area contributed by atoms with E-state index in [1.807, 2.05) is 48.8 Å². The van der Waals surface area contributed by atoms with Crippen LogP contribution in [0.3, 0.4) is 0 Å². The normalized spacial score (nSPS) is 11.3. The van der Waals surface area contributed by atoms with Gasteiger partial charge >= 0.3 is 0 Å². The van der Waals surface area contributed by atoms with Crippen LogP contribution in [0.15, 0.2) is 85.2 Å². The van der Waals surface area contributed by atoms with E-state index in [0.29, 0.717) is 0 Å². The summed E-state index contributed by atoms with van der Waals surface area (Å²) in [4.78, 5) is 19.4. The first-order valence-corrected chi connectivity index (χ1v) is 12.3. The predicted octanol–water partition coefficient (Wildman–Crippen LogP) is 7.34. The van der Waals surface area contributed by atoms with E-state index in [2.05, 4.69) is 70.8 Å². The molecule has 6 aromatic rings. The quantitative estimate of drug-likeness (QED) is 0.265. The lowest BCUT2D eigenvalue weighted by atomic mass is 10.1. The number of fused-ring (bicyclic) bond motifs is 3. The lowest BCUT2D eigenvalue weighted by molar-refractivity contribution is 0.931. The molecule has 6 rings (SSSR count). The molecule has 36 heavy (non-hydrogen) atoms. The van der Waals surface area contributed by atoms with Crippen LogP contribution in [0.1, 0.15) is 25.2 Å². The zero-order chi connectivity index (χ0) is 24.5. The highest BCUT2D eigenvalue weighted by Crippen LogP contribution is 2.35. The molecule has 3 aromatic carbocycles. The maximum absolute atomic E-state index is 5.10. The highest BCUT2D eigenvalue weighted by molar-refractivity contribution is 6.03. The fourth-order valence-electron chi connectivity index (χ4n) is 4.67. The summed E-state index contributed by atoms with van der Waals surface area (Å²) in [7, 11) is 0. The van der Waals surface area contributed by atoms with Crippen molar-refractivity contribution in [3.63, 3.8) is 0 Å². The number of aryl methyl sites for hydroxylation is 2. The van der Waals surface area contributed by atoms with Crippen molar-refractivity contribution in [3.05, 3.63) is 96.6 Å². The van der Waals surface area contributed by atoms with Crippen LogP contribution in [0.25, 0.3) is 32.8 Å². The maximum atomic E-state index is 5.10. The number of para-hydroxylation sites is 2. The highest BCUT2D eigenvalue weighted by Gasteiger charge is 2.15. The summed E-state index contributed by atoms with van der Waals surface area (Å²) in [6.07, 6.45) is 5.29. The summed E-state index contributed by atoms with van der Waals surface area (Å²) in [5, 5.41) is 9.36. The van der Waals surface area contributed by atoms with E-state index in [1.54, 1.807) is 0 Å². The summed E-state index contributed by atoms with van der Waals surface area (Å²) >= 11 is 0. The van der Waals surface area contributed by atoms with E-state index in [1.165, 1.54) is 0 Å². The maximum Gasteiger partial charge on any atom is 0.115 e. The van der Waals surface area contributed by atoms with Crippen molar-refractivity contribution in [3.8, 4) is 0 Å². The molecule has 2 N–H and O–H groups in total. The van der Waals surface area contributed by atoms with Gasteiger partial charge in [-0.1, -0.05) is 50.2 Å². The molecule has 0 aliphatic heterocycles. The van der Waals surface area contributed by atoms with Gasteiger partial charge in [-0.25, -0.2) is 9.97 Å². The number of hydrogen-bond donors (Lipinski definition) is 2. The number of benzene rings is 3. The summed E-state index contributed by atoms with van der Waals surface area (Å²) in [6, 6.07) is 24.5. The van der Waals surface area contributed by atoms with Crippen LogP contribution < -0.4 is 10.6 Å². The molecule has 0 amide bonds. The van der Waals surface area contributed by atoms with Crippen molar-refractivity contribution < 1.29 is 0 Å². The molecule has 0 spiro atoms. The highest BCUT2D eigenvalue weighted by atomic mass is 15.0. The van der Waals surface area contributed by atoms with E-state index >= 15 is 0 Å². The van der Waals surface area contributed by atoms with Gasteiger partial charge in [-0.2, -0.15) is 0 Å². The average molecular weight is 471 g/mol. The Morgan fingerprint density at radius 2 is 0.917 bits per heavy atom. The van der Waals surface area contributed by atoms with Crippen molar-refractivity contribution >= 4 is 55.6 Å². The molecular weight excluding hydrogens is 444 g/mol. The van der Waals surface area contributed by atoms with E-state index in [0.717, 1.165) is 79.8 Å². The third-order valence-electron chi connectivity index (χ3n) is 6.45. The number of aromatic nitrogens is 4. The van der Waals surface area contributed by atoms with Gasteiger partial charge < -0.3 is 10.6 Å². The molecule has 0 fully saturated rings. The second kappa shape index (κ2) is 9.23. The number of nitrogens with zero attached hydrogens (tertiary/aromatic N) is 4. The molecule has 0 atom stereocenters. The number of rotatable bonds is 6. The molecule has 176 valence electrons. The fourth-order valence-corrected chi connectivity index (χ4v) is 4.67. The van der Waals surface area contributed by atoms with Crippen LogP contribution >= 0.6 is 0 Å². The molecule has 0 bridgehead atoms. The molecule has 6 heteroatoms. The number of nitrogens with one attached hydrogen (secondary N) is 2. The molecule has 0 unspecified atom stereocenters. The van der Waals surface area contributed by atoms with Crippen molar-refractivity contribution in [1.82, 2.24) is 19.9 Å². The predicted molar refractivity (Wildman–Crippen MR) is 148 cm³/mol. The first-order valence-electron chi connectivity index (χ1n) is 12.3. The second-order valence-corrected chi connectivity index (χ2v) is 8.69. The van der Waals surface area contributed by atoms with Crippen molar-refractivity contribution in [2.75, 3.05) is 10.6 Å². The summed E-state index contributed by atoms with van der Waals surface area (Å²) < 4.78 is 0. The van der Waals surface area contributed by atoms with Crippen LogP contribution in [0.5, 0.6) is 0 Å². The van der Waals surface area contributed by atoms with Gasteiger partial charge in [-0.3, -0.25) is 9.97 Å². The first-order chi connectivity index (χ1) is 17.7. The van der Waals surface area contributed by atoms with Gasteiger partial charge in [0.15, 0.2) is 0 Å². The lowest BCUT2D eigenvalue weighted by Gasteiger charge is -2.17. The summed E-state index contributed by atoms with van der Waals surface area (Å²) in [5.41, 5.74) is 9.22. The van der Waals surface area contributed by atoms with Crippen LogP contribution in [-0.2, 0) is 12.8 Å². The van der Waals surface area contributed by atoms with Crippen LogP contribution in [-0.4, -0.2) is 19.9 Å². The first kappa shape index (κ1) is 21.9. The number of anilines is 4. The third kappa shape index (κ3) is 3.86. The minimum atomic E-state index is 0.826. The van der Waals surface area contributed by atoms with E-state index in [4.69, 9.17) is 9.97 Å². The standard InChI is InChI=1S/C30H26N6/c1-3-21-22(4-2)36-30-26(34-24-14-6-10-20-12-8-18-32-28(20)24)16-15-25(29(30)35-21)33-23-13-5-9-19-11-7-17-31-27(19)23/h5-18,33-34H,3-4H2,1-2H3. The third-order valence-corrected chi connectivity index (χ3v) is 6.45. The van der Waals surface area contributed by atoms with Crippen molar-refractivity contribution in [2.45, 2.75) is 26.7 Å². The zero-order valence-electron chi connectivity index (χ0n) is 20.3. The molecule has 3 aromatic heterocycles. The Morgan fingerprint density at radius 1 is 0.500 bits per heavy atom. The van der Waals surface area contributed by atoms with Gasteiger partial charge in [0.05, 0.1) is 45.2 Å². The van der Waals surface area contributed by atoms with E-state index in [-0.39, 0.29) is 0 Å². The van der Waals surface area contributed by atoms with Gasteiger partial charge in [0.1, 0.15) is 11.0 Å². The SMILES string of the molecule is CCc1nc2c(Nc3cccc4cccnc34)ccc(Nc3cccc4cccnc34)c2nc1CC. The molecular formula is C30H26N6. The Bertz CT molecular complexity index is 1590. The van der Waals surface area contributed by atoms with E-state index in [9.17, 15) is 0 Å². The lowest BCUT2D eigenvalue weighted by Crippen LogP contribution is -2.05. The van der Waals surface area contributed by atoms with Gasteiger partial charge in [0.2, 0.25) is 0 Å². The molecule has 0 saturated carbocycles. The van der Waals surface area contributed by atoms with Gasteiger partial charge in [-0.15, -0.1) is 0 Å². The Balaban J connectivity index is 1.51. The minimum Gasteiger partial charge on any atom is -0.352 e. The zero-order valence-corrected chi connectivity index (χ0v) is 20.3. The monoisotopic (exact) mass is 470 g/mol. The Morgan fingerprint density at radius 3 is 1.36 bits per heavy atom. The fraction of sp³-hybridized carbons (Fsp3) is 0.133. The van der Waals surface area contributed by atoms with Crippen molar-refractivity contribution in [2.24, 2.45) is 0 Å². The van der Waals surface area contributed by atoms with Crippen LogP contribution in [0.4, 0.5) is 22.7 Å². The summed E-state index contributed by atoms with van der Waals surface area (Å²) in [5.74, 6) is 0. The largest absolute Gasteiger partial charge is 0.352 e. The number of pyridine rings is 2. The number of hydrogen-bond acceptors (Lipinski definition) is 6. The minimum absolute atomic E-state index is 0.826. The van der Waals surface area contributed by atoms with Gasteiger partial charge in [0.25, 0.3) is 0 Å². The molecule has 0 radical (unpaired) electrons. The molecule has 6 nitrogen and oxygen atoms in total.